The summed E-state index contributed by atoms with van der Waals surface area (Å²) in [5, 5.41) is 2.23. The van der Waals surface area contributed by atoms with Crippen LogP contribution in [0.15, 0.2) is 40.9 Å². The van der Waals surface area contributed by atoms with Crippen molar-refractivity contribution in [1.82, 2.24) is 0 Å². The lowest BCUT2D eigenvalue weighted by Crippen LogP contribution is -1.98. The molecule has 0 atom stereocenters. The normalized spacial score (nSPS) is 10.2. The third-order valence-corrected chi connectivity index (χ3v) is 2.95. The zero-order chi connectivity index (χ0) is 10.7. The summed E-state index contributed by atoms with van der Waals surface area (Å²) in [7, 11) is 0. The molecule has 2 aromatic carbocycles. The first kappa shape index (κ1) is 10.2. The van der Waals surface area contributed by atoms with Crippen LogP contribution in [-0.4, -0.2) is 12.9 Å². The Balaban J connectivity index is 2.50. The monoisotopic (exact) mass is 264 g/mol. The Morgan fingerprint density at radius 1 is 1.20 bits per heavy atom. The Morgan fingerprint density at radius 3 is 2.80 bits per heavy atom. The number of carbonyl (C=O) groups excluding carboxylic acids is 1. The summed E-state index contributed by atoms with van der Waals surface area (Å²) in [6.07, 6.45) is 0.738. The van der Waals surface area contributed by atoms with Gasteiger partial charge in [0.2, 0.25) is 0 Å². The van der Waals surface area contributed by atoms with E-state index < -0.39 is 0 Å². The van der Waals surface area contributed by atoms with Crippen LogP contribution in [0, 0.1) is 0 Å². The summed E-state index contributed by atoms with van der Waals surface area (Å²) >= 11 is 3.47. The predicted molar refractivity (Wildman–Crippen MR) is 63.2 cm³/mol. The summed E-state index contributed by atoms with van der Waals surface area (Å²) < 4.78 is 6.17. The highest BCUT2D eigenvalue weighted by atomic mass is 79.9. The van der Waals surface area contributed by atoms with E-state index in [1.54, 1.807) is 0 Å². The molecule has 76 valence electrons. The summed E-state index contributed by atoms with van der Waals surface area (Å²) in [6.45, 7) is 0.0803. The lowest BCUT2D eigenvalue weighted by atomic mass is 10.1. The second-order valence-electron chi connectivity index (χ2n) is 3.08. The van der Waals surface area contributed by atoms with Gasteiger partial charge in [-0.3, -0.25) is 4.79 Å². The molecule has 0 aliphatic carbocycles. The van der Waals surface area contributed by atoms with Crippen molar-refractivity contribution in [3.05, 3.63) is 40.9 Å². The van der Waals surface area contributed by atoms with Crippen molar-refractivity contribution in [3.63, 3.8) is 0 Å². The van der Waals surface area contributed by atoms with Gasteiger partial charge in [0.1, 0.15) is 12.4 Å². The molecule has 3 heteroatoms. The van der Waals surface area contributed by atoms with E-state index in [2.05, 4.69) is 15.9 Å². The number of hydrogen-bond acceptors (Lipinski definition) is 2. The minimum atomic E-state index is 0.0803. The summed E-state index contributed by atoms with van der Waals surface area (Å²) in [5.74, 6) is 0.695. The molecule has 0 saturated carbocycles. The number of carbonyl (C=O) groups is 1. The first-order valence-electron chi connectivity index (χ1n) is 4.56. The highest BCUT2D eigenvalue weighted by molar-refractivity contribution is 9.10. The molecule has 0 aromatic heterocycles. The maximum Gasteiger partial charge on any atom is 0.157 e. The van der Waals surface area contributed by atoms with Gasteiger partial charge in [-0.25, -0.2) is 0 Å². The van der Waals surface area contributed by atoms with Gasteiger partial charge in [0.25, 0.3) is 0 Å². The fourth-order valence-corrected chi connectivity index (χ4v) is 2.06. The highest BCUT2D eigenvalue weighted by Gasteiger charge is 2.04. The van der Waals surface area contributed by atoms with Crippen LogP contribution in [0.4, 0.5) is 0 Å². The summed E-state index contributed by atoms with van der Waals surface area (Å²) in [6, 6.07) is 11.8. The molecular formula is C12H9BrO2. The van der Waals surface area contributed by atoms with Crippen molar-refractivity contribution in [2.24, 2.45) is 0 Å². The van der Waals surface area contributed by atoms with E-state index in [1.807, 2.05) is 36.4 Å². The Hall–Kier alpha value is -1.35. The molecular weight excluding hydrogens is 256 g/mol. The molecule has 0 bridgehead atoms. The predicted octanol–water partition coefficient (Wildman–Crippen LogP) is 3.18. The molecule has 0 radical (unpaired) electrons. The van der Waals surface area contributed by atoms with E-state index in [1.165, 1.54) is 0 Å². The van der Waals surface area contributed by atoms with Crippen LogP contribution in [-0.2, 0) is 4.79 Å². The Kier molecular flexibility index (Phi) is 3.02. The number of benzene rings is 2. The van der Waals surface area contributed by atoms with Crippen LogP contribution in [0.25, 0.3) is 10.8 Å². The Labute approximate surface area is 96.0 Å². The molecule has 0 amide bonds. The standard InChI is InChI=1S/C12H9BrO2/c13-12-10-4-2-1-3-9(10)5-6-11(12)15-8-7-14/h1-7H,8H2. The van der Waals surface area contributed by atoms with Crippen molar-refractivity contribution in [3.8, 4) is 5.75 Å². The second-order valence-corrected chi connectivity index (χ2v) is 3.87. The van der Waals surface area contributed by atoms with Gasteiger partial charge < -0.3 is 4.74 Å². The van der Waals surface area contributed by atoms with Gasteiger partial charge in [0.15, 0.2) is 6.29 Å². The molecule has 0 fully saturated rings. The van der Waals surface area contributed by atoms with E-state index in [4.69, 9.17) is 4.74 Å². The smallest absolute Gasteiger partial charge is 0.157 e. The van der Waals surface area contributed by atoms with E-state index in [-0.39, 0.29) is 6.61 Å². The number of fused-ring (bicyclic) bond motifs is 1. The third-order valence-electron chi connectivity index (χ3n) is 2.13. The van der Waals surface area contributed by atoms with Crippen LogP contribution in [0.5, 0.6) is 5.75 Å². The quantitative estimate of drug-likeness (QED) is 0.797. The largest absolute Gasteiger partial charge is 0.485 e. The maximum atomic E-state index is 10.2. The zero-order valence-corrected chi connectivity index (χ0v) is 9.53. The van der Waals surface area contributed by atoms with E-state index >= 15 is 0 Å². The van der Waals surface area contributed by atoms with Gasteiger partial charge >= 0.3 is 0 Å². The SMILES string of the molecule is O=CCOc1ccc2ccccc2c1Br. The number of halogens is 1. The minimum Gasteiger partial charge on any atom is -0.485 e. The van der Waals surface area contributed by atoms with E-state index in [9.17, 15) is 4.79 Å². The molecule has 0 heterocycles. The van der Waals surface area contributed by atoms with Gasteiger partial charge in [-0.2, -0.15) is 0 Å². The number of rotatable bonds is 3. The molecule has 2 aromatic rings. The average Bonchev–Trinajstić information content (AvgIpc) is 2.29. The lowest BCUT2D eigenvalue weighted by Gasteiger charge is -2.07. The van der Waals surface area contributed by atoms with Gasteiger partial charge in [-0.1, -0.05) is 30.3 Å². The number of hydrogen-bond donors (Lipinski definition) is 0. The molecule has 2 rings (SSSR count). The van der Waals surface area contributed by atoms with Crippen LogP contribution >= 0.6 is 15.9 Å². The third kappa shape index (κ3) is 2.02. The molecule has 0 saturated heterocycles. The minimum absolute atomic E-state index is 0.0803. The van der Waals surface area contributed by atoms with E-state index in [0.717, 1.165) is 21.5 Å². The first-order chi connectivity index (χ1) is 7.33. The molecule has 2 nitrogen and oxygen atoms in total. The van der Waals surface area contributed by atoms with Gasteiger partial charge in [0.05, 0.1) is 4.47 Å². The lowest BCUT2D eigenvalue weighted by molar-refractivity contribution is -0.109. The average molecular weight is 265 g/mol. The number of ether oxygens (including phenoxy) is 1. The first-order valence-corrected chi connectivity index (χ1v) is 5.36. The second kappa shape index (κ2) is 4.45. The molecule has 15 heavy (non-hydrogen) atoms. The molecule has 0 aliphatic heterocycles. The molecule has 0 spiro atoms. The van der Waals surface area contributed by atoms with Crippen molar-refractivity contribution < 1.29 is 9.53 Å². The van der Waals surface area contributed by atoms with Crippen molar-refractivity contribution >= 4 is 33.0 Å². The van der Waals surface area contributed by atoms with Crippen molar-refractivity contribution in [2.45, 2.75) is 0 Å². The van der Waals surface area contributed by atoms with Crippen LogP contribution in [0.2, 0.25) is 0 Å². The summed E-state index contributed by atoms with van der Waals surface area (Å²) in [4.78, 5) is 10.2. The van der Waals surface area contributed by atoms with Gasteiger partial charge in [-0.05, 0) is 32.8 Å². The van der Waals surface area contributed by atoms with Crippen molar-refractivity contribution in [2.75, 3.05) is 6.61 Å². The van der Waals surface area contributed by atoms with Gasteiger partial charge in [-0.15, -0.1) is 0 Å². The molecule has 0 unspecified atom stereocenters. The molecule has 0 aliphatic rings. The van der Waals surface area contributed by atoms with E-state index in [0.29, 0.717) is 5.75 Å². The van der Waals surface area contributed by atoms with Crippen LogP contribution in [0.1, 0.15) is 0 Å². The fraction of sp³-hybridized carbons (Fsp3) is 0.0833. The van der Waals surface area contributed by atoms with Crippen molar-refractivity contribution in [1.29, 1.82) is 0 Å². The van der Waals surface area contributed by atoms with Crippen LogP contribution < -0.4 is 4.74 Å². The Morgan fingerprint density at radius 2 is 2.00 bits per heavy atom. The fourth-order valence-electron chi connectivity index (χ4n) is 1.45. The molecule has 0 N–H and O–H groups in total. The summed E-state index contributed by atoms with van der Waals surface area (Å²) in [5.41, 5.74) is 0. The zero-order valence-electron chi connectivity index (χ0n) is 7.94. The van der Waals surface area contributed by atoms with Gasteiger partial charge in [0, 0.05) is 0 Å². The number of aldehydes is 1. The Bertz CT molecular complexity index is 494. The van der Waals surface area contributed by atoms with Crippen LogP contribution in [0.3, 0.4) is 0 Å². The maximum absolute atomic E-state index is 10.2. The highest BCUT2D eigenvalue weighted by Crippen LogP contribution is 2.32. The topological polar surface area (TPSA) is 26.3 Å².